The third kappa shape index (κ3) is 86.8. The van der Waals surface area contributed by atoms with Crippen LogP contribution < -0.4 is 0 Å². The second kappa shape index (κ2) is 87.0. The number of unbranched alkanes of at least 4 members (excludes halogenated alkanes) is 63. The van der Waals surface area contributed by atoms with Crippen LogP contribution in [0.25, 0.3) is 0 Å². The zero-order chi connectivity index (χ0) is 84.1. The molecular formula is C96H188O17P2. The largest absolute Gasteiger partial charge is 0.472 e. The van der Waals surface area contributed by atoms with E-state index in [2.05, 4.69) is 41.5 Å². The molecule has 19 heteroatoms. The fourth-order valence-electron chi connectivity index (χ4n) is 15.1. The first-order valence-corrected chi connectivity index (χ1v) is 52.6. The van der Waals surface area contributed by atoms with Gasteiger partial charge in [0.15, 0.2) is 12.2 Å². The Labute approximate surface area is 708 Å². The molecule has 0 heterocycles. The third-order valence-corrected chi connectivity index (χ3v) is 25.3. The lowest BCUT2D eigenvalue weighted by atomic mass is 9.99. The van der Waals surface area contributed by atoms with Crippen molar-refractivity contribution in [3.05, 3.63) is 0 Å². The zero-order valence-electron chi connectivity index (χ0n) is 76.1. The van der Waals surface area contributed by atoms with Gasteiger partial charge in [0.1, 0.15) is 19.3 Å². The van der Waals surface area contributed by atoms with Crippen LogP contribution in [0.15, 0.2) is 0 Å². The van der Waals surface area contributed by atoms with E-state index < -0.39 is 97.5 Å². The van der Waals surface area contributed by atoms with Crippen molar-refractivity contribution in [2.75, 3.05) is 39.6 Å². The van der Waals surface area contributed by atoms with Crippen molar-refractivity contribution in [1.29, 1.82) is 0 Å². The first-order chi connectivity index (χ1) is 55.9. The zero-order valence-corrected chi connectivity index (χ0v) is 77.9. The van der Waals surface area contributed by atoms with Crippen LogP contribution in [-0.4, -0.2) is 96.7 Å². The van der Waals surface area contributed by atoms with Gasteiger partial charge in [0.25, 0.3) is 0 Å². The Morgan fingerprint density at radius 1 is 0.243 bits per heavy atom. The van der Waals surface area contributed by atoms with Crippen molar-refractivity contribution in [2.24, 2.45) is 11.8 Å². The van der Waals surface area contributed by atoms with Crippen molar-refractivity contribution >= 4 is 39.5 Å². The Morgan fingerprint density at radius 3 is 0.617 bits per heavy atom. The summed E-state index contributed by atoms with van der Waals surface area (Å²) in [5.41, 5.74) is 0. The van der Waals surface area contributed by atoms with Crippen LogP contribution in [0, 0.1) is 11.8 Å². The molecule has 115 heavy (non-hydrogen) atoms. The quantitative estimate of drug-likeness (QED) is 0.0222. The molecule has 684 valence electrons. The summed E-state index contributed by atoms with van der Waals surface area (Å²) in [5, 5.41) is 10.7. The molecule has 0 bridgehead atoms. The van der Waals surface area contributed by atoms with E-state index in [4.69, 9.17) is 37.0 Å². The van der Waals surface area contributed by atoms with Crippen molar-refractivity contribution in [2.45, 2.75) is 541 Å². The summed E-state index contributed by atoms with van der Waals surface area (Å²) in [5.74, 6) is -0.443. The van der Waals surface area contributed by atoms with E-state index in [1.807, 2.05) is 0 Å². The topological polar surface area (TPSA) is 237 Å². The molecule has 0 aliphatic carbocycles. The number of hydrogen-bond donors (Lipinski definition) is 3. The number of aliphatic hydroxyl groups excluding tert-OH is 1. The van der Waals surface area contributed by atoms with Gasteiger partial charge in [-0.2, -0.15) is 0 Å². The number of ether oxygens (including phenoxy) is 4. The molecule has 0 aromatic carbocycles. The molecule has 0 aliphatic rings. The summed E-state index contributed by atoms with van der Waals surface area (Å²) in [6.07, 6.45) is 83.5. The lowest BCUT2D eigenvalue weighted by Crippen LogP contribution is -2.30. The van der Waals surface area contributed by atoms with E-state index in [1.54, 1.807) is 0 Å². The Bertz CT molecular complexity index is 2190. The molecule has 0 rings (SSSR count). The molecule has 4 unspecified atom stereocenters. The molecule has 0 aliphatic heterocycles. The minimum absolute atomic E-state index is 0.109. The molecule has 0 saturated heterocycles. The fourth-order valence-corrected chi connectivity index (χ4v) is 16.7. The highest BCUT2D eigenvalue weighted by molar-refractivity contribution is 7.47. The summed E-state index contributed by atoms with van der Waals surface area (Å²) in [6, 6.07) is 0. The number of aliphatic hydroxyl groups is 1. The second-order valence-corrected chi connectivity index (χ2v) is 37.9. The molecule has 0 aromatic heterocycles. The Hall–Kier alpha value is -1.94. The summed E-state index contributed by atoms with van der Waals surface area (Å²) in [7, 11) is -9.94. The maximum atomic E-state index is 13.2. The van der Waals surface area contributed by atoms with Gasteiger partial charge in [0, 0.05) is 25.7 Å². The number of carbonyl (C=O) groups is 4. The van der Waals surface area contributed by atoms with Crippen molar-refractivity contribution in [3.8, 4) is 0 Å². The lowest BCUT2D eigenvalue weighted by Gasteiger charge is -2.21. The molecule has 0 spiro atoms. The molecule has 0 amide bonds. The maximum absolute atomic E-state index is 13.2. The number of phosphoric ester groups is 2. The SMILES string of the molecule is CCCCCCCCCCCCCCCCCCCCCCCC(=O)OC[C@H](COP(=O)(O)OC[C@@H](O)COP(=O)(O)OC[C@@H](COC(=O)CCCCCCCCCCC(C)CC)OC(=O)CCCCCCCCCCCCCCCCCCCCCC)OC(=O)CCCCCCCCCCCCCCCCCCCCC(C)CC. The minimum Gasteiger partial charge on any atom is -0.462 e. The van der Waals surface area contributed by atoms with E-state index in [1.165, 1.54) is 340 Å². The molecule has 7 atom stereocenters. The number of esters is 4. The van der Waals surface area contributed by atoms with Crippen molar-refractivity contribution < 1.29 is 80.2 Å². The Kier molecular flexibility index (Phi) is 85.5. The molecular weight excluding hydrogens is 1490 g/mol. The highest BCUT2D eigenvalue weighted by Gasteiger charge is 2.31. The van der Waals surface area contributed by atoms with Crippen LogP contribution in [0.4, 0.5) is 0 Å². The second-order valence-electron chi connectivity index (χ2n) is 34.9. The number of rotatable bonds is 95. The average molecular weight is 1680 g/mol. The van der Waals surface area contributed by atoms with Gasteiger partial charge >= 0.3 is 39.5 Å². The van der Waals surface area contributed by atoms with Crippen LogP contribution in [-0.2, 0) is 65.4 Å². The molecule has 0 aromatic rings. The summed E-state index contributed by atoms with van der Waals surface area (Å²) >= 11 is 0. The molecule has 3 N–H and O–H groups in total. The van der Waals surface area contributed by atoms with E-state index >= 15 is 0 Å². The van der Waals surface area contributed by atoms with Crippen LogP contribution in [0.5, 0.6) is 0 Å². The van der Waals surface area contributed by atoms with Gasteiger partial charge in [0.2, 0.25) is 0 Å². The number of phosphoric acid groups is 2. The number of carbonyl (C=O) groups excluding carboxylic acids is 4. The van der Waals surface area contributed by atoms with Gasteiger partial charge < -0.3 is 33.8 Å². The first-order valence-electron chi connectivity index (χ1n) is 49.6. The maximum Gasteiger partial charge on any atom is 0.472 e. The van der Waals surface area contributed by atoms with E-state index in [0.717, 1.165) is 102 Å². The van der Waals surface area contributed by atoms with E-state index in [9.17, 15) is 43.2 Å². The Morgan fingerprint density at radius 2 is 0.417 bits per heavy atom. The highest BCUT2D eigenvalue weighted by atomic mass is 31.2. The molecule has 0 radical (unpaired) electrons. The highest BCUT2D eigenvalue weighted by Crippen LogP contribution is 2.45. The molecule has 17 nitrogen and oxygen atoms in total. The summed E-state index contributed by atoms with van der Waals surface area (Å²) in [4.78, 5) is 73.6. The summed E-state index contributed by atoms with van der Waals surface area (Å²) < 4.78 is 69.2. The van der Waals surface area contributed by atoms with Gasteiger partial charge in [-0.3, -0.25) is 37.3 Å². The average Bonchev–Trinajstić information content (AvgIpc) is 0.895. The molecule has 0 fully saturated rings. The van der Waals surface area contributed by atoms with Crippen LogP contribution >= 0.6 is 15.6 Å². The predicted octanol–water partition coefficient (Wildman–Crippen LogP) is 30.1. The van der Waals surface area contributed by atoms with Gasteiger partial charge in [-0.15, -0.1) is 0 Å². The van der Waals surface area contributed by atoms with Crippen molar-refractivity contribution in [1.82, 2.24) is 0 Å². The van der Waals surface area contributed by atoms with Gasteiger partial charge in [0.05, 0.1) is 26.4 Å². The normalized spacial score (nSPS) is 14.1. The van der Waals surface area contributed by atoms with Crippen LogP contribution in [0.3, 0.4) is 0 Å². The minimum atomic E-state index is -4.97. The summed E-state index contributed by atoms with van der Waals surface area (Å²) in [6.45, 7) is 9.80. The van der Waals surface area contributed by atoms with Gasteiger partial charge in [-0.1, -0.05) is 472 Å². The fraction of sp³-hybridized carbons (Fsp3) is 0.958. The Balaban J connectivity index is 5.24. The van der Waals surface area contributed by atoms with Crippen LogP contribution in [0.1, 0.15) is 523 Å². The van der Waals surface area contributed by atoms with Gasteiger partial charge in [-0.25, -0.2) is 9.13 Å². The van der Waals surface area contributed by atoms with Crippen LogP contribution in [0.2, 0.25) is 0 Å². The standard InChI is InChI=1S/C96H188O17P2/c1-7-11-13-15-17-19-21-23-25-27-29-31-33-37-41-45-49-53-60-66-72-78-93(98)106-84-91(112-95(100)80-74-69-63-55-51-47-43-39-35-34-36-40-44-48-52-58-64-70-76-88(5)9-3)86-110-114(102,103)108-82-90(97)83-109-115(104,105)111-87-92(85-107-94(99)79-73-67-61-57-56-59-65-71-77-89(6)10-4)113-96(101)81-75-68-62-54-50-46-42-38-32-30-28-26-24-22-20-18-16-14-12-8-2/h88-92,97H,7-87H2,1-6H3,(H,102,103)(H,104,105)/t88?,89?,90-,91-,92-/m1/s1. The smallest absolute Gasteiger partial charge is 0.462 e. The van der Waals surface area contributed by atoms with Crippen molar-refractivity contribution in [3.63, 3.8) is 0 Å². The first kappa shape index (κ1) is 113. The monoisotopic (exact) mass is 1680 g/mol. The van der Waals surface area contributed by atoms with Gasteiger partial charge in [-0.05, 0) is 37.5 Å². The van der Waals surface area contributed by atoms with E-state index in [0.29, 0.717) is 25.7 Å². The lowest BCUT2D eigenvalue weighted by molar-refractivity contribution is -0.161. The molecule has 0 saturated carbocycles. The third-order valence-electron chi connectivity index (χ3n) is 23.4. The predicted molar refractivity (Wildman–Crippen MR) is 478 cm³/mol. The van der Waals surface area contributed by atoms with E-state index in [-0.39, 0.29) is 25.7 Å². The number of hydrogen-bond acceptors (Lipinski definition) is 15.